The van der Waals surface area contributed by atoms with Crippen molar-refractivity contribution in [3.63, 3.8) is 0 Å². The van der Waals surface area contributed by atoms with Gasteiger partial charge >= 0.3 is 12.4 Å². The highest BCUT2D eigenvalue weighted by atomic mass is 19.4. The molecule has 0 fully saturated rings. The van der Waals surface area contributed by atoms with Crippen molar-refractivity contribution in [2.24, 2.45) is 0 Å². The molecule has 0 spiro atoms. The maximum Gasteiger partial charge on any atom is 0.411 e. The first-order valence-corrected chi connectivity index (χ1v) is 16.9. The Hall–Kier alpha value is -6.90. The topological polar surface area (TPSA) is 6.48 Å². The van der Waals surface area contributed by atoms with E-state index in [4.69, 9.17) is 0 Å². The van der Waals surface area contributed by atoms with Gasteiger partial charge in [-0.2, -0.15) is 26.3 Å². The third kappa shape index (κ3) is 7.24. The Morgan fingerprint density at radius 3 is 0.522 bits per heavy atom. The minimum absolute atomic E-state index is 0.292. The van der Waals surface area contributed by atoms with Crippen LogP contribution in [0.3, 0.4) is 0 Å². The van der Waals surface area contributed by atoms with E-state index in [1.807, 2.05) is 0 Å². The molecule has 0 saturated heterocycles. The second kappa shape index (κ2) is 16.8. The molecule has 28 heteroatoms. The van der Waals surface area contributed by atoms with Gasteiger partial charge in [0.2, 0.25) is 28.7 Å². The first-order valence-electron chi connectivity index (χ1n) is 16.9. The molecule has 0 heterocycles. The van der Waals surface area contributed by atoms with Gasteiger partial charge < -0.3 is 0 Å². The molecule has 0 saturated carbocycles. The predicted molar refractivity (Wildman–Crippen MR) is 174 cm³/mol. The van der Waals surface area contributed by atoms with Gasteiger partial charge in [0.05, 0.1) is 0 Å². The Morgan fingerprint density at radius 2 is 0.373 bits per heavy atom. The fraction of sp³-hybridized carbons (Fsp3) is 0.0769. The van der Waals surface area contributed by atoms with Crippen LogP contribution in [0.5, 0.6) is 0 Å². The summed E-state index contributed by atoms with van der Waals surface area (Å²) < 4.78 is 382. The molecular formula is C39H8F26N2. The number of nitrogens with zero attached hydrogens (tertiary/aromatic N) is 2. The van der Waals surface area contributed by atoms with Crippen molar-refractivity contribution >= 4 is 34.1 Å². The molecule has 0 unspecified atom stereocenters. The molecule has 2 nitrogen and oxygen atoms in total. The number of anilines is 6. The second-order valence-electron chi connectivity index (χ2n) is 13.2. The first-order chi connectivity index (χ1) is 30.9. The van der Waals surface area contributed by atoms with Gasteiger partial charge in [-0.1, -0.05) is 24.3 Å². The largest absolute Gasteiger partial charge is 0.411 e. The normalized spacial score (nSPS) is 12.3. The van der Waals surface area contributed by atoms with Crippen molar-refractivity contribution in [3.05, 3.63) is 176 Å². The first kappa shape index (κ1) is 49.5. The third-order valence-corrected chi connectivity index (χ3v) is 9.61. The summed E-state index contributed by atoms with van der Waals surface area (Å²) in [6.07, 6.45) is -13.6. The van der Waals surface area contributed by atoms with Crippen LogP contribution in [0.25, 0.3) is 0 Å². The maximum atomic E-state index is 15.1. The van der Waals surface area contributed by atoms with Gasteiger partial charge in [-0.3, -0.25) is 9.80 Å². The van der Waals surface area contributed by atoms with Crippen molar-refractivity contribution in [2.75, 3.05) is 9.80 Å². The van der Waals surface area contributed by atoms with E-state index in [1.165, 1.54) is 0 Å². The van der Waals surface area contributed by atoms with Crippen molar-refractivity contribution in [1.29, 1.82) is 0 Å². The molecule has 356 valence electrons. The highest BCUT2D eigenvalue weighted by molar-refractivity contribution is 5.80. The SMILES string of the molecule is Fc1c(F)c(F)c(N(c2ccc(C(c3ccc(N(c4c(F)c(F)c(F)c(F)c4F)c4c(F)c(F)c(F)c(F)c4F)cc3)(C(F)(F)F)C(F)(F)F)cc2)c2c(F)c(F)c(F)c(F)c2F)c(F)c1F. The van der Waals surface area contributed by atoms with E-state index in [0.29, 0.717) is 0 Å². The lowest BCUT2D eigenvalue weighted by Crippen LogP contribution is -2.54. The van der Waals surface area contributed by atoms with Crippen LogP contribution >= 0.6 is 0 Å². The van der Waals surface area contributed by atoms with Crippen LogP contribution in [0.4, 0.5) is 148 Å². The van der Waals surface area contributed by atoms with Crippen LogP contribution in [0, 0.1) is 116 Å². The average Bonchev–Trinajstić information content (AvgIpc) is 3.27. The number of rotatable bonds is 8. The Bertz CT molecular complexity index is 2540. The van der Waals surface area contributed by atoms with E-state index in [1.54, 1.807) is 0 Å². The molecule has 6 aromatic rings. The van der Waals surface area contributed by atoms with Crippen LogP contribution < -0.4 is 9.80 Å². The van der Waals surface area contributed by atoms with Crippen molar-refractivity contribution in [3.8, 4) is 0 Å². The van der Waals surface area contributed by atoms with Crippen LogP contribution in [-0.2, 0) is 5.41 Å². The summed E-state index contributed by atoms with van der Waals surface area (Å²) in [5.41, 5.74) is -24.1. The summed E-state index contributed by atoms with van der Waals surface area (Å²) in [6.45, 7) is 0. The fourth-order valence-electron chi connectivity index (χ4n) is 6.60. The number of alkyl halides is 6. The minimum atomic E-state index is -6.82. The van der Waals surface area contributed by atoms with E-state index >= 15 is 61.5 Å². The van der Waals surface area contributed by atoms with Gasteiger partial charge in [0.15, 0.2) is 93.1 Å². The molecule has 0 atom stereocenters. The van der Waals surface area contributed by atoms with Crippen LogP contribution in [0.15, 0.2) is 48.5 Å². The van der Waals surface area contributed by atoms with E-state index in [-0.39, 0.29) is 24.3 Å². The molecule has 67 heavy (non-hydrogen) atoms. The highest BCUT2D eigenvalue weighted by Gasteiger charge is 2.72. The number of halogens is 26. The van der Waals surface area contributed by atoms with E-state index in [0.717, 1.165) is 0 Å². The fourth-order valence-corrected chi connectivity index (χ4v) is 6.60. The summed E-state index contributed by atoms with van der Waals surface area (Å²) in [4.78, 5) is -2.05. The molecular weight excluding hydrogens is 990 g/mol. The lowest BCUT2D eigenvalue weighted by atomic mass is 9.72. The zero-order chi connectivity index (χ0) is 50.5. The molecule has 6 aromatic carbocycles. The average molecular weight is 998 g/mol. The standard InChI is InChI=1S/C39H8F26N2/c40-13-17(44)25(52)33(26(53)18(13)45)66(34-27(54)19(46)14(41)20(47)28(34)55)11-5-1-9(2-6-11)37(38(60,61)62,39(63,64)65)10-3-7-12(8-4-10)67(35-29(56)21(48)15(42)22(49)30(35)57)36-31(58)23(50)16(43)24(51)32(36)59/h1-8H. The Kier molecular flexibility index (Phi) is 12.4. The molecule has 0 radical (unpaired) electrons. The molecule has 0 amide bonds. The number of benzene rings is 6. The predicted octanol–water partition coefficient (Wildman–Crippen LogP) is 14.8. The van der Waals surface area contributed by atoms with Crippen molar-refractivity contribution in [2.45, 2.75) is 17.8 Å². The van der Waals surface area contributed by atoms with Gasteiger partial charge in [-0.25, -0.2) is 87.8 Å². The molecule has 0 aliphatic heterocycles. The summed E-state index contributed by atoms with van der Waals surface area (Å²) in [6, 6.07) is -2.87. The zero-order valence-corrected chi connectivity index (χ0v) is 30.8. The Morgan fingerprint density at radius 1 is 0.224 bits per heavy atom. The molecule has 0 N–H and O–H groups in total. The van der Waals surface area contributed by atoms with Crippen LogP contribution in [0.2, 0.25) is 0 Å². The van der Waals surface area contributed by atoms with E-state index in [2.05, 4.69) is 0 Å². The second-order valence-corrected chi connectivity index (χ2v) is 13.2. The number of hydrogen-bond acceptors (Lipinski definition) is 2. The minimum Gasteiger partial charge on any atom is -0.300 e. The summed E-state index contributed by atoms with van der Waals surface area (Å²) in [5.74, 6) is -61.1. The summed E-state index contributed by atoms with van der Waals surface area (Å²) >= 11 is 0. The molecule has 0 bridgehead atoms. The van der Waals surface area contributed by atoms with Gasteiger partial charge in [0.1, 0.15) is 22.7 Å². The van der Waals surface area contributed by atoms with Gasteiger partial charge in [-0.05, 0) is 35.4 Å². The Balaban J connectivity index is 1.65. The van der Waals surface area contributed by atoms with E-state index < -0.39 is 213 Å². The zero-order valence-electron chi connectivity index (χ0n) is 30.8. The van der Waals surface area contributed by atoms with Crippen LogP contribution in [-0.4, -0.2) is 12.4 Å². The molecule has 0 aliphatic carbocycles. The number of hydrogen-bond donors (Lipinski definition) is 0. The Labute approximate surface area is 352 Å². The lowest BCUT2D eigenvalue weighted by molar-refractivity contribution is -0.288. The molecule has 0 aromatic heterocycles. The third-order valence-electron chi connectivity index (χ3n) is 9.61. The highest BCUT2D eigenvalue weighted by Crippen LogP contribution is 2.57. The van der Waals surface area contributed by atoms with E-state index in [9.17, 15) is 52.7 Å². The quantitative estimate of drug-likeness (QED) is 0.0852. The lowest BCUT2D eigenvalue weighted by Gasteiger charge is -2.39. The smallest absolute Gasteiger partial charge is 0.300 e. The summed E-state index contributed by atoms with van der Waals surface area (Å²) in [5, 5.41) is 0. The summed E-state index contributed by atoms with van der Waals surface area (Å²) in [7, 11) is 0. The van der Waals surface area contributed by atoms with Crippen molar-refractivity contribution in [1.82, 2.24) is 0 Å². The van der Waals surface area contributed by atoms with Gasteiger partial charge in [0, 0.05) is 11.4 Å². The molecule has 0 aliphatic rings. The van der Waals surface area contributed by atoms with Gasteiger partial charge in [0.25, 0.3) is 0 Å². The molecule has 6 rings (SSSR count). The maximum absolute atomic E-state index is 15.1. The van der Waals surface area contributed by atoms with Gasteiger partial charge in [-0.15, -0.1) is 0 Å². The van der Waals surface area contributed by atoms with Crippen molar-refractivity contribution < 1.29 is 114 Å². The monoisotopic (exact) mass is 998 g/mol. The van der Waals surface area contributed by atoms with Crippen LogP contribution in [0.1, 0.15) is 11.1 Å².